The summed E-state index contributed by atoms with van der Waals surface area (Å²) in [6, 6.07) is 11.8. The maximum absolute atomic E-state index is 12.6. The topological polar surface area (TPSA) is 78.3 Å². The van der Waals surface area contributed by atoms with Crippen LogP contribution >= 0.6 is 11.8 Å². The molecule has 31 heavy (non-hydrogen) atoms. The summed E-state index contributed by atoms with van der Waals surface area (Å²) in [7, 11) is 3.29. The van der Waals surface area contributed by atoms with Crippen molar-refractivity contribution < 1.29 is 14.3 Å². The average Bonchev–Trinajstić information content (AvgIpc) is 3.16. The van der Waals surface area contributed by atoms with Crippen molar-refractivity contribution in [2.24, 2.45) is 0 Å². The van der Waals surface area contributed by atoms with Crippen LogP contribution in [0, 0.1) is 20.8 Å². The third-order valence-corrected chi connectivity index (χ3v) is 5.82. The first-order valence-electron chi connectivity index (χ1n) is 10.00. The Labute approximate surface area is 187 Å². The highest BCUT2D eigenvalue weighted by Gasteiger charge is 2.16. The van der Waals surface area contributed by atoms with Crippen LogP contribution in [0.3, 0.4) is 0 Å². The first kappa shape index (κ1) is 22.8. The number of aryl methyl sites for hydroxylation is 3. The zero-order chi connectivity index (χ0) is 22.4. The van der Waals surface area contributed by atoms with Gasteiger partial charge < -0.3 is 14.8 Å². The normalized spacial score (nSPS) is 10.9. The van der Waals surface area contributed by atoms with Crippen LogP contribution in [0.15, 0.2) is 41.6 Å². The Morgan fingerprint density at radius 1 is 1.06 bits per heavy atom. The van der Waals surface area contributed by atoms with Gasteiger partial charge in [0.05, 0.1) is 26.0 Å². The van der Waals surface area contributed by atoms with Crippen molar-refractivity contribution >= 4 is 23.4 Å². The van der Waals surface area contributed by atoms with Gasteiger partial charge in [-0.25, -0.2) is 0 Å². The lowest BCUT2D eigenvalue weighted by Crippen LogP contribution is -2.16. The molecule has 0 atom stereocenters. The maximum atomic E-state index is 12.6. The number of hydrogen-bond acceptors (Lipinski definition) is 6. The number of ether oxygens (including phenoxy) is 2. The number of anilines is 1. The van der Waals surface area contributed by atoms with E-state index in [2.05, 4.69) is 34.6 Å². The van der Waals surface area contributed by atoms with E-state index < -0.39 is 0 Å². The van der Waals surface area contributed by atoms with Crippen LogP contribution in [-0.2, 0) is 16.1 Å². The monoisotopic (exact) mass is 440 g/mol. The summed E-state index contributed by atoms with van der Waals surface area (Å²) >= 11 is 1.36. The van der Waals surface area contributed by atoms with E-state index >= 15 is 0 Å². The molecule has 2 aromatic carbocycles. The van der Waals surface area contributed by atoms with Gasteiger partial charge in [0.2, 0.25) is 5.91 Å². The highest BCUT2D eigenvalue weighted by molar-refractivity contribution is 7.99. The van der Waals surface area contributed by atoms with Crippen LogP contribution in [0.5, 0.6) is 5.75 Å². The fourth-order valence-corrected chi connectivity index (χ4v) is 4.18. The molecule has 3 rings (SSSR count). The van der Waals surface area contributed by atoms with E-state index in [-0.39, 0.29) is 11.7 Å². The number of carbonyl (C=O) groups is 1. The van der Waals surface area contributed by atoms with Crippen molar-refractivity contribution in [2.45, 2.75) is 32.5 Å². The van der Waals surface area contributed by atoms with Crippen LogP contribution in [0.25, 0.3) is 11.4 Å². The fourth-order valence-electron chi connectivity index (χ4n) is 3.42. The molecule has 8 heteroatoms. The number of carbonyl (C=O) groups excluding carboxylic acids is 1. The van der Waals surface area contributed by atoms with E-state index in [1.165, 1.54) is 17.3 Å². The Morgan fingerprint density at radius 2 is 1.74 bits per heavy atom. The minimum absolute atomic E-state index is 0.0765. The smallest absolute Gasteiger partial charge is 0.234 e. The molecule has 3 aromatic rings. The molecule has 0 fully saturated rings. The molecule has 1 amide bonds. The van der Waals surface area contributed by atoms with Crippen molar-refractivity contribution in [3.63, 3.8) is 0 Å². The van der Waals surface area contributed by atoms with Gasteiger partial charge in [-0.3, -0.25) is 9.36 Å². The second-order valence-corrected chi connectivity index (χ2v) is 8.23. The molecule has 1 heterocycles. The van der Waals surface area contributed by atoms with E-state index in [9.17, 15) is 4.79 Å². The number of hydrogen-bond donors (Lipinski definition) is 1. The largest absolute Gasteiger partial charge is 0.497 e. The molecule has 0 saturated carbocycles. The second kappa shape index (κ2) is 10.5. The van der Waals surface area contributed by atoms with Crippen molar-refractivity contribution in [1.29, 1.82) is 0 Å². The number of nitrogens with zero attached hydrogens (tertiary/aromatic N) is 3. The highest BCUT2D eigenvalue weighted by Crippen LogP contribution is 2.26. The third kappa shape index (κ3) is 5.65. The molecular weight excluding hydrogens is 412 g/mol. The number of aromatic nitrogens is 3. The summed E-state index contributed by atoms with van der Waals surface area (Å²) in [4.78, 5) is 12.6. The average molecular weight is 441 g/mol. The van der Waals surface area contributed by atoms with E-state index in [0.717, 1.165) is 34.0 Å². The zero-order valence-electron chi connectivity index (χ0n) is 18.6. The molecule has 164 valence electrons. The van der Waals surface area contributed by atoms with Gasteiger partial charge in [0, 0.05) is 18.4 Å². The van der Waals surface area contributed by atoms with E-state index in [0.29, 0.717) is 18.3 Å². The minimum Gasteiger partial charge on any atom is -0.497 e. The van der Waals surface area contributed by atoms with Gasteiger partial charge in [-0.2, -0.15) is 0 Å². The molecule has 0 bridgehead atoms. The number of benzene rings is 2. The van der Waals surface area contributed by atoms with Crippen LogP contribution < -0.4 is 10.1 Å². The second-order valence-electron chi connectivity index (χ2n) is 7.29. The Kier molecular flexibility index (Phi) is 7.70. The number of thioether (sulfide) groups is 1. The molecule has 0 saturated heterocycles. The molecule has 7 nitrogen and oxygen atoms in total. The van der Waals surface area contributed by atoms with Gasteiger partial charge >= 0.3 is 0 Å². The summed E-state index contributed by atoms with van der Waals surface area (Å²) < 4.78 is 12.5. The van der Waals surface area contributed by atoms with Crippen molar-refractivity contribution in [1.82, 2.24) is 14.8 Å². The number of amides is 1. The predicted molar refractivity (Wildman–Crippen MR) is 124 cm³/mol. The van der Waals surface area contributed by atoms with E-state index in [1.54, 1.807) is 14.2 Å². The molecule has 1 aromatic heterocycles. The third-order valence-electron chi connectivity index (χ3n) is 4.86. The molecule has 0 unspecified atom stereocenters. The lowest BCUT2D eigenvalue weighted by Gasteiger charge is -2.13. The van der Waals surface area contributed by atoms with Gasteiger partial charge in [0.15, 0.2) is 11.0 Å². The van der Waals surface area contributed by atoms with Gasteiger partial charge in [-0.05, 0) is 56.2 Å². The molecule has 0 spiro atoms. The summed E-state index contributed by atoms with van der Waals surface area (Å²) in [6.45, 7) is 7.17. The first-order chi connectivity index (χ1) is 14.9. The molecule has 0 aliphatic carbocycles. The van der Waals surface area contributed by atoms with Crippen molar-refractivity contribution in [3.05, 3.63) is 53.1 Å². The molecule has 1 N–H and O–H groups in total. The minimum atomic E-state index is -0.0765. The van der Waals surface area contributed by atoms with Gasteiger partial charge in [-0.1, -0.05) is 29.5 Å². The van der Waals surface area contributed by atoms with Crippen LogP contribution in [0.4, 0.5) is 5.69 Å². The Morgan fingerprint density at radius 3 is 2.35 bits per heavy atom. The van der Waals surface area contributed by atoms with Crippen LogP contribution in [-0.4, -0.2) is 47.3 Å². The zero-order valence-corrected chi connectivity index (χ0v) is 19.4. The van der Waals surface area contributed by atoms with Gasteiger partial charge in [-0.15, -0.1) is 10.2 Å². The van der Waals surface area contributed by atoms with Crippen molar-refractivity contribution in [2.75, 3.05) is 31.9 Å². The number of rotatable bonds is 9. The van der Waals surface area contributed by atoms with E-state index in [1.807, 2.05) is 42.7 Å². The quantitative estimate of drug-likeness (QED) is 0.501. The maximum Gasteiger partial charge on any atom is 0.234 e. The lowest BCUT2D eigenvalue weighted by atomic mass is 10.1. The molecular formula is C23H28N4O3S. The number of nitrogens with one attached hydrogen (secondary N) is 1. The molecule has 0 aliphatic rings. The number of methoxy groups -OCH3 is 2. The van der Waals surface area contributed by atoms with Crippen LogP contribution in [0.1, 0.15) is 16.7 Å². The summed E-state index contributed by atoms with van der Waals surface area (Å²) in [5.41, 5.74) is 5.09. The molecule has 0 radical (unpaired) electrons. The molecule has 0 aliphatic heterocycles. The summed E-state index contributed by atoms with van der Waals surface area (Å²) in [6.07, 6.45) is 0. The lowest BCUT2D eigenvalue weighted by molar-refractivity contribution is -0.113. The van der Waals surface area contributed by atoms with Crippen LogP contribution in [0.2, 0.25) is 0 Å². The SMILES string of the molecule is COCCn1c(SCC(=O)Nc2c(C)cc(C)cc2C)nnc1-c1ccc(OC)cc1. The summed E-state index contributed by atoms with van der Waals surface area (Å²) in [5.74, 6) is 1.67. The van der Waals surface area contributed by atoms with Gasteiger partial charge in [0.1, 0.15) is 5.75 Å². The Balaban J connectivity index is 1.75. The van der Waals surface area contributed by atoms with E-state index in [4.69, 9.17) is 9.47 Å². The van der Waals surface area contributed by atoms with Gasteiger partial charge in [0.25, 0.3) is 0 Å². The van der Waals surface area contributed by atoms with Crippen molar-refractivity contribution in [3.8, 4) is 17.1 Å². The highest BCUT2D eigenvalue weighted by atomic mass is 32.2. The summed E-state index contributed by atoms with van der Waals surface area (Å²) in [5, 5.41) is 12.4. The predicted octanol–water partition coefficient (Wildman–Crippen LogP) is 4.26. The fraction of sp³-hybridized carbons (Fsp3) is 0.348. The standard InChI is InChI=1S/C23H28N4O3S/c1-15-12-16(2)21(17(3)13-15)24-20(28)14-31-23-26-25-22(27(23)10-11-29-4)18-6-8-19(30-5)9-7-18/h6-9,12-13H,10-11,14H2,1-5H3,(H,24,28). The Bertz CT molecular complexity index is 1020. The Hall–Kier alpha value is -2.84. The first-order valence-corrected chi connectivity index (χ1v) is 11.0.